The van der Waals surface area contributed by atoms with Gasteiger partial charge in [0.15, 0.2) is 11.6 Å². The van der Waals surface area contributed by atoms with Crippen molar-refractivity contribution in [2.45, 2.75) is 0 Å². The Labute approximate surface area is 93.9 Å². The highest BCUT2D eigenvalue weighted by atomic mass is 16.3. The van der Waals surface area contributed by atoms with E-state index in [9.17, 15) is 0 Å². The lowest BCUT2D eigenvalue weighted by atomic mass is 10.4. The number of likely N-dealkylation sites (N-methyl/N-ethyl adjacent to an activating group) is 1. The third kappa shape index (κ3) is 2.20. The van der Waals surface area contributed by atoms with Crippen LogP contribution in [0.25, 0.3) is 11.6 Å². The summed E-state index contributed by atoms with van der Waals surface area (Å²) >= 11 is 0. The van der Waals surface area contributed by atoms with E-state index in [1.54, 1.807) is 12.5 Å². The zero-order valence-electron chi connectivity index (χ0n) is 9.13. The van der Waals surface area contributed by atoms with Crippen LogP contribution in [0.4, 0.5) is 5.82 Å². The van der Waals surface area contributed by atoms with Crippen LogP contribution in [0.15, 0.2) is 35.1 Å². The van der Waals surface area contributed by atoms with E-state index in [4.69, 9.17) is 10.2 Å². The van der Waals surface area contributed by atoms with Gasteiger partial charge in [-0.2, -0.15) is 0 Å². The van der Waals surface area contributed by atoms with E-state index in [1.165, 1.54) is 0 Å². The van der Waals surface area contributed by atoms with E-state index in [0.29, 0.717) is 18.1 Å². The van der Waals surface area contributed by atoms with Gasteiger partial charge in [0, 0.05) is 26.3 Å². The number of rotatable bonds is 4. The number of nitrogens with zero attached hydrogens (tertiary/aromatic N) is 3. The van der Waals surface area contributed by atoms with Gasteiger partial charge in [-0.05, 0) is 18.2 Å². The number of furan rings is 1. The van der Waals surface area contributed by atoms with E-state index in [2.05, 4.69) is 9.97 Å². The first-order valence-electron chi connectivity index (χ1n) is 5.09. The molecule has 84 valence electrons. The second-order valence-electron chi connectivity index (χ2n) is 3.43. The molecule has 0 atom stereocenters. The molecule has 16 heavy (non-hydrogen) atoms. The van der Waals surface area contributed by atoms with Crippen LogP contribution < -0.4 is 10.6 Å². The number of hydrogen-bond donors (Lipinski definition) is 1. The molecule has 2 aromatic heterocycles. The zero-order valence-corrected chi connectivity index (χ0v) is 9.13. The Hall–Kier alpha value is -1.88. The highest BCUT2D eigenvalue weighted by Gasteiger charge is 2.07. The van der Waals surface area contributed by atoms with Crippen molar-refractivity contribution in [2.75, 3.05) is 25.0 Å². The minimum atomic E-state index is 0.589. The summed E-state index contributed by atoms with van der Waals surface area (Å²) in [4.78, 5) is 10.5. The van der Waals surface area contributed by atoms with Crippen molar-refractivity contribution < 1.29 is 4.42 Å². The Morgan fingerprint density at radius 1 is 1.44 bits per heavy atom. The quantitative estimate of drug-likeness (QED) is 0.833. The molecule has 0 bridgehead atoms. The summed E-state index contributed by atoms with van der Waals surface area (Å²) in [7, 11) is 1.95. The summed E-state index contributed by atoms with van der Waals surface area (Å²) in [6, 6.07) is 5.50. The summed E-state index contributed by atoms with van der Waals surface area (Å²) in [6.07, 6.45) is 3.32. The minimum absolute atomic E-state index is 0.589. The second kappa shape index (κ2) is 4.76. The van der Waals surface area contributed by atoms with Crippen molar-refractivity contribution in [2.24, 2.45) is 5.73 Å². The molecule has 0 saturated heterocycles. The predicted molar refractivity (Wildman–Crippen MR) is 62.1 cm³/mol. The van der Waals surface area contributed by atoms with Crippen molar-refractivity contribution in [3.63, 3.8) is 0 Å². The maximum atomic E-state index is 5.50. The molecule has 0 aliphatic heterocycles. The fourth-order valence-electron chi connectivity index (χ4n) is 1.39. The van der Waals surface area contributed by atoms with Crippen molar-refractivity contribution in [3.8, 4) is 11.6 Å². The van der Waals surface area contributed by atoms with Crippen molar-refractivity contribution >= 4 is 5.82 Å². The summed E-state index contributed by atoms with van der Waals surface area (Å²) in [5.41, 5.74) is 5.50. The lowest BCUT2D eigenvalue weighted by molar-refractivity contribution is 0.577. The molecule has 0 aliphatic rings. The smallest absolute Gasteiger partial charge is 0.197 e. The maximum Gasteiger partial charge on any atom is 0.197 e. The molecule has 0 aliphatic carbocycles. The van der Waals surface area contributed by atoms with Crippen molar-refractivity contribution in [1.82, 2.24) is 9.97 Å². The number of hydrogen-bond acceptors (Lipinski definition) is 5. The molecule has 0 aromatic carbocycles. The molecule has 2 heterocycles. The third-order valence-corrected chi connectivity index (χ3v) is 2.24. The van der Waals surface area contributed by atoms with Gasteiger partial charge in [-0.25, -0.2) is 9.97 Å². The van der Waals surface area contributed by atoms with Crippen LogP contribution in [0.1, 0.15) is 0 Å². The van der Waals surface area contributed by atoms with Crippen LogP contribution in [0.2, 0.25) is 0 Å². The molecule has 2 N–H and O–H groups in total. The highest BCUT2D eigenvalue weighted by Crippen LogP contribution is 2.17. The number of aromatic nitrogens is 2. The maximum absolute atomic E-state index is 5.50. The fraction of sp³-hybridized carbons (Fsp3) is 0.273. The van der Waals surface area contributed by atoms with Crippen LogP contribution in [-0.2, 0) is 0 Å². The Bertz CT molecular complexity index is 441. The van der Waals surface area contributed by atoms with Gasteiger partial charge >= 0.3 is 0 Å². The van der Waals surface area contributed by atoms with Gasteiger partial charge in [0.2, 0.25) is 0 Å². The van der Waals surface area contributed by atoms with E-state index in [0.717, 1.165) is 12.4 Å². The summed E-state index contributed by atoms with van der Waals surface area (Å²) in [5.74, 6) is 2.10. The SMILES string of the molecule is CN(CCN)c1ccnc(-c2ccco2)n1. The van der Waals surface area contributed by atoms with Gasteiger partial charge in [-0.1, -0.05) is 0 Å². The van der Waals surface area contributed by atoms with Crippen LogP contribution in [0, 0.1) is 0 Å². The monoisotopic (exact) mass is 218 g/mol. The van der Waals surface area contributed by atoms with E-state index >= 15 is 0 Å². The first-order chi connectivity index (χ1) is 7.81. The van der Waals surface area contributed by atoms with Crippen molar-refractivity contribution in [1.29, 1.82) is 0 Å². The van der Waals surface area contributed by atoms with E-state index in [1.807, 2.05) is 30.1 Å². The Morgan fingerprint density at radius 3 is 3.00 bits per heavy atom. The largest absolute Gasteiger partial charge is 0.461 e. The Morgan fingerprint density at radius 2 is 2.31 bits per heavy atom. The van der Waals surface area contributed by atoms with Crippen molar-refractivity contribution in [3.05, 3.63) is 30.7 Å². The molecular weight excluding hydrogens is 204 g/mol. The van der Waals surface area contributed by atoms with Gasteiger partial charge in [0.1, 0.15) is 5.82 Å². The molecule has 0 unspecified atom stereocenters. The van der Waals surface area contributed by atoms with Crippen LogP contribution in [0.5, 0.6) is 0 Å². The van der Waals surface area contributed by atoms with Gasteiger partial charge in [-0.15, -0.1) is 0 Å². The third-order valence-electron chi connectivity index (χ3n) is 2.24. The van der Waals surface area contributed by atoms with E-state index in [-0.39, 0.29) is 0 Å². The van der Waals surface area contributed by atoms with Gasteiger partial charge in [0.25, 0.3) is 0 Å². The molecule has 0 amide bonds. The lowest BCUT2D eigenvalue weighted by Gasteiger charge is -2.16. The molecule has 5 nitrogen and oxygen atoms in total. The molecular formula is C11H14N4O. The molecule has 5 heteroatoms. The lowest BCUT2D eigenvalue weighted by Crippen LogP contribution is -2.25. The molecule has 0 fully saturated rings. The first-order valence-corrected chi connectivity index (χ1v) is 5.09. The predicted octanol–water partition coefficient (Wildman–Crippen LogP) is 1.13. The standard InChI is InChI=1S/C11H14N4O/c1-15(7-5-12)10-4-6-13-11(14-10)9-3-2-8-16-9/h2-4,6,8H,5,7,12H2,1H3. The topological polar surface area (TPSA) is 68.2 Å². The Balaban J connectivity index is 2.26. The summed E-state index contributed by atoms with van der Waals surface area (Å²) < 4.78 is 5.25. The van der Waals surface area contributed by atoms with Crippen LogP contribution in [-0.4, -0.2) is 30.1 Å². The number of nitrogens with two attached hydrogens (primary N) is 1. The zero-order chi connectivity index (χ0) is 11.4. The second-order valence-corrected chi connectivity index (χ2v) is 3.43. The highest BCUT2D eigenvalue weighted by molar-refractivity contribution is 5.50. The minimum Gasteiger partial charge on any atom is -0.461 e. The van der Waals surface area contributed by atoms with Gasteiger partial charge < -0.3 is 15.1 Å². The van der Waals surface area contributed by atoms with Crippen LogP contribution in [0.3, 0.4) is 0 Å². The average molecular weight is 218 g/mol. The fourth-order valence-corrected chi connectivity index (χ4v) is 1.39. The molecule has 2 rings (SSSR count). The molecule has 0 spiro atoms. The van der Waals surface area contributed by atoms with Gasteiger partial charge in [0.05, 0.1) is 6.26 Å². The van der Waals surface area contributed by atoms with Crippen LogP contribution >= 0.6 is 0 Å². The molecule has 0 radical (unpaired) electrons. The molecule has 2 aromatic rings. The summed E-state index contributed by atoms with van der Waals surface area (Å²) in [6.45, 7) is 1.35. The van der Waals surface area contributed by atoms with Gasteiger partial charge in [-0.3, -0.25) is 0 Å². The molecule has 0 saturated carbocycles. The number of anilines is 1. The Kier molecular flexibility index (Phi) is 3.16. The summed E-state index contributed by atoms with van der Waals surface area (Å²) in [5, 5.41) is 0. The normalized spacial score (nSPS) is 10.4. The first kappa shape index (κ1) is 10.6. The van der Waals surface area contributed by atoms with E-state index < -0.39 is 0 Å². The average Bonchev–Trinajstić information content (AvgIpc) is 2.83.